The fourth-order valence-corrected chi connectivity index (χ4v) is 3.73. The lowest BCUT2D eigenvalue weighted by Gasteiger charge is -2.19. The fourth-order valence-electron chi connectivity index (χ4n) is 3.27. The number of rotatable bonds is 6. The van der Waals surface area contributed by atoms with Gasteiger partial charge >= 0.3 is 0 Å². The number of hydrogen-bond acceptors (Lipinski definition) is 5. The molecule has 0 fully saturated rings. The predicted molar refractivity (Wildman–Crippen MR) is 125 cm³/mol. The topological polar surface area (TPSA) is 85.9 Å². The highest BCUT2D eigenvalue weighted by atomic mass is 79.9. The highest BCUT2D eigenvalue weighted by Crippen LogP contribution is 2.35. The van der Waals surface area contributed by atoms with Gasteiger partial charge in [0, 0.05) is 15.7 Å². The molecule has 0 unspecified atom stereocenters. The molecule has 2 amide bonds. The minimum Gasteiger partial charge on any atom is -0.495 e. The van der Waals surface area contributed by atoms with Crippen molar-refractivity contribution in [1.82, 2.24) is 0 Å². The third-order valence-electron chi connectivity index (χ3n) is 4.85. The number of methoxy groups -OCH3 is 1. The Balaban J connectivity index is 1.38. The number of carbonyl (C=O) groups is 2. The maximum absolute atomic E-state index is 12.5. The number of hydrogen-bond donors (Lipinski definition) is 2. The normalized spacial score (nSPS) is 12.1. The van der Waals surface area contributed by atoms with Crippen molar-refractivity contribution in [3.05, 3.63) is 76.3 Å². The van der Waals surface area contributed by atoms with Crippen LogP contribution in [0.3, 0.4) is 0 Å². The summed E-state index contributed by atoms with van der Waals surface area (Å²) in [5, 5.41) is 5.67. The van der Waals surface area contributed by atoms with Gasteiger partial charge in [0.2, 0.25) is 5.91 Å². The van der Waals surface area contributed by atoms with Gasteiger partial charge in [-0.3, -0.25) is 9.59 Å². The highest BCUT2D eigenvalue weighted by Gasteiger charge is 2.17. The zero-order valence-electron chi connectivity index (χ0n) is 17.3. The second kappa shape index (κ2) is 9.74. The van der Waals surface area contributed by atoms with Crippen molar-refractivity contribution < 1.29 is 23.8 Å². The molecule has 2 N–H and O–H groups in total. The molecule has 1 aliphatic rings. The first-order chi connectivity index (χ1) is 15.5. The fraction of sp³-hybridized carbons (Fsp3) is 0.167. The van der Waals surface area contributed by atoms with Gasteiger partial charge in [0.1, 0.15) is 19.0 Å². The molecule has 3 aromatic rings. The molecule has 0 atom stereocenters. The van der Waals surface area contributed by atoms with Crippen LogP contribution in [0.5, 0.6) is 17.2 Å². The minimum absolute atomic E-state index is 0.160. The first kappa shape index (κ1) is 21.7. The Morgan fingerprint density at radius 2 is 1.66 bits per heavy atom. The first-order valence-corrected chi connectivity index (χ1v) is 10.7. The largest absolute Gasteiger partial charge is 0.495 e. The van der Waals surface area contributed by atoms with Gasteiger partial charge in [-0.1, -0.05) is 28.1 Å². The maximum atomic E-state index is 12.5. The van der Waals surface area contributed by atoms with Crippen LogP contribution < -0.4 is 24.8 Å². The molecular formula is C24H21BrN2O5. The molecule has 3 aromatic carbocycles. The molecule has 1 heterocycles. The molecule has 0 aromatic heterocycles. The van der Waals surface area contributed by atoms with Crippen molar-refractivity contribution in [2.75, 3.05) is 31.0 Å². The number of fused-ring (bicyclic) bond motifs is 1. The highest BCUT2D eigenvalue weighted by molar-refractivity contribution is 9.10. The van der Waals surface area contributed by atoms with E-state index in [1.54, 1.807) is 43.5 Å². The van der Waals surface area contributed by atoms with E-state index >= 15 is 0 Å². The lowest BCUT2D eigenvalue weighted by molar-refractivity contribution is -0.115. The van der Waals surface area contributed by atoms with E-state index in [4.69, 9.17) is 14.2 Å². The van der Waals surface area contributed by atoms with Crippen LogP contribution in [0.15, 0.2) is 65.1 Å². The number of halogens is 1. The molecule has 0 spiro atoms. The molecule has 164 valence electrons. The first-order valence-electron chi connectivity index (χ1n) is 9.96. The molecule has 8 heteroatoms. The average molecular weight is 497 g/mol. The third kappa shape index (κ3) is 5.03. The van der Waals surface area contributed by atoms with Crippen molar-refractivity contribution in [3.63, 3.8) is 0 Å². The lowest BCUT2D eigenvalue weighted by Crippen LogP contribution is -2.17. The van der Waals surface area contributed by atoms with Crippen molar-refractivity contribution in [2.45, 2.75) is 6.42 Å². The smallest absolute Gasteiger partial charge is 0.255 e. The summed E-state index contributed by atoms with van der Waals surface area (Å²) in [6.45, 7) is 0.990. The average Bonchev–Trinajstić information content (AvgIpc) is 2.80. The predicted octanol–water partition coefficient (Wildman–Crippen LogP) is 4.66. The summed E-state index contributed by atoms with van der Waals surface area (Å²) < 4.78 is 17.2. The molecule has 7 nitrogen and oxygen atoms in total. The van der Waals surface area contributed by atoms with Crippen molar-refractivity contribution >= 4 is 39.1 Å². The van der Waals surface area contributed by atoms with Crippen LogP contribution in [0, 0.1) is 0 Å². The van der Waals surface area contributed by atoms with Crippen molar-refractivity contribution in [1.29, 1.82) is 0 Å². The standard InChI is InChI=1S/C24H21BrN2O5/c1-30-20-5-3-2-4-19(20)27-24(29)15-6-8-17(9-7-15)26-23(28)13-16-12-21-22(14-18(16)25)32-11-10-31-21/h2-9,12,14H,10-11,13H2,1H3,(H,26,28)(H,27,29). The van der Waals surface area contributed by atoms with Gasteiger partial charge in [0.05, 0.1) is 19.2 Å². The molecule has 4 rings (SSSR count). The van der Waals surface area contributed by atoms with E-state index in [0.29, 0.717) is 47.4 Å². The van der Waals surface area contributed by atoms with Gasteiger partial charge < -0.3 is 24.8 Å². The van der Waals surface area contributed by atoms with Gasteiger partial charge in [-0.05, 0) is 54.1 Å². The molecule has 0 bridgehead atoms. The van der Waals surface area contributed by atoms with Crippen LogP contribution in [0.4, 0.5) is 11.4 Å². The van der Waals surface area contributed by atoms with E-state index in [0.717, 1.165) is 10.0 Å². The number of benzene rings is 3. The van der Waals surface area contributed by atoms with E-state index in [9.17, 15) is 9.59 Å². The van der Waals surface area contributed by atoms with Crippen LogP contribution >= 0.6 is 15.9 Å². The molecule has 1 aliphatic heterocycles. The van der Waals surface area contributed by atoms with E-state index < -0.39 is 0 Å². The third-order valence-corrected chi connectivity index (χ3v) is 5.59. The summed E-state index contributed by atoms with van der Waals surface area (Å²) in [5.74, 6) is 1.41. The number of amides is 2. The SMILES string of the molecule is COc1ccccc1NC(=O)c1ccc(NC(=O)Cc2cc3c(cc2Br)OCCO3)cc1. The lowest BCUT2D eigenvalue weighted by atomic mass is 10.1. The molecular weight excluding hydrogens is 476 g/mol. The van der Waals surface area contributed by atoms with Crippen molar-refractivity contribution in [3.8, 4) is 17.2 Å². The summed E-state index contributed by atoms with van der Waals surface area (Å²) in [4.78, 5) is 25.1. The Kier molecular flexibility index (Phi) is 6.61. The number of anilines is 2. The monoisotopic (exact) mass is 496 g/mol. The molecule has 0 aliphatic carbocycles. The second-order valence-corrected chi connectivity index (χ2v) is 7.90. The maximum Gasteiger partial charge on any atom is 0.255 e. The zero-order chi connectivity index (χ0) is 22.5. The number of nitrogens with one attached hydrogen (secondary N) is 2. The number of para-hydroxylation sites is 2. The van der Waals surface area contributed by atoms with Crippen LogP contribution in [-0.4, -0.2) is 32.1 Å². The summed E-state index contributed by atoms with van der Waals surface area (Å²) >= 11 is 3.48. The number of ether oxygens (including phenoxy) is 3. The van der Waals surface area contributed by atoms with Gasteiger partial charge in [0.25, 0.3) is 5.91 Å². The van der Waals surface area contributed by atoms with E-state index in [1.165, 1.54) is 0 Å². The summed E-state index contributed by atoms with van der Waals surface area (Å²) in [5.41, 5.74) is 2.43. The quantitative estimate of drug-likeness (QED) is 0.518. The Morgan fingerprint density at radius 3 is 2.38 bits per heavy atom. The summed E-state index contributed by atoms with van der Waals surface area (Å²) in [6, 6.07) is 17.5. The Bertz CT molecular complexity index is 1150. The molecule has 0 saturated carbocycles. The molecule has 0 saturated heterocycles. The van der Waals surface area contributed by atoms with Gasteiger partial charge in [-0.25, -0.2) is 0 Å². The second-order valence-electron chi connectivity index (χ2n) is 7.04. The van der Waals surface area contributed by atoms with E-state index in [2.05, 4.69) is 26.6 Å². The number of carbonyl (C=O) groups excluding carboxylic acids is 2. The van der Waals surface area contributed by atoms with Gasteiger partial charge in [-0.2, -0.15) is 0 Å². The Morgan fingerprint density at radius 1 is 0.969 bits per heavy atom. The minimum atomic E-state index is -0.271. The van der Waals surface area contributed by atoms with Crippen LogP contribution in [0.1, 0.15) is 15.9 Å². The van der Waals surface area contributed by atoms with Crippen LogP contribution in [-0.2, 0) is 11.2 Å². The van der Waals surface area contributed by atoms with Gasteiger partial charge in [0.15, 0.2) is 11.5 Å². The van der Waals surface area contributed by atoms with Crippen molar-refractivity contribution in [2.24, 2.45) is 0 Å². The summed E-state index contributed by atoms with van der Waals surface area (Å²) in [7, 11) is 1.55. The Hall–Kier alpha value is -3.52. The zero-order valence-corrected chi connectivity index (χ0v) is 18.9. The summed E-state index contributed by atoms with van der Waals surface area (Å²) in [6.07, 6.45) is 0.160. The van der Waals surface area contributed by atoms with E-state index in [-0.39, 0.29) is 18.2 Å². The Labute approximate surface area is 193 Å². The van der Waals surface area contributed by atoms with E-state index in [1.807, 2.05) is 24.3 Å². The van der Waals surface area contributed by atoms with Crippen LogP contribution in [0.25, 0.3) is 0 Å². The van der Waals surface area contributed by atoms with Gasteiger partial charge in [-0.15, -0.1) is 0 Å². The van der Waals surface area contributed by atoms with Crippen LogP contribution in [0.2, 0.25) is 0 Å². The molecule has 32 heavy (non-hydrogen) atoms. The molecule has 0 radical (unpaired) electrons.